The third-order valence-corrected chi connectivity index (χ3v) is 6.46. The van der Waals surface area contributed by atoms with E-state index in [0.717, 1.165) is 0 Å². The molecule has 0 spiro atoms. The zero-order chi connectivity index (χ0) is 21.7. The summed E-state index contributed by atoms with van der Waals surface area (Å²) < 4.78 is 34.2. The van der Waals surface area contributed by atoms with Gasteiger partial charge in [0.15, 0.2) is 0 Å². The summed E-state index contributed by atoms with van der Waals surface area (Å²) in [4.78, 5) is 13.9. The molecule has 1 aliphatic rings. The van der Waals surface area contributed by atoms with E-state index in [1.165, 1.54) is 14.2 Å². The van der Waals surface area contributed by atoms with E-state index >= 15 is 0 Å². The molecule has 0 saturated carbocycles. The summed E-state index contributed by atoms with van der Waals surface area (Å²) in [6.45, 7) is 6.48. The number of piperidine rings is 1. The number of carbonyl (C=O) groups is 1. The van der Waals surface area contributed by atoms with E-state index in [1.807, 2.05) is 20.8 Å². The second kappa shape index (κ2) is 9.94. The predicted molar refractivity (Wildman–Crippen MR) is 109 cm³/mol. The third kappa shape index (κ3) is 7.00. The number of nitrogens with zero attached hydrogens (tertiary/aromatic N) is 1. The van der Waals surface area contributed by atoms with Crippen LogP contribution in [0.3, 0.4) is 0 Å². The zero-order valence-electron chi connectivity index (χ0n) is 17.8. The van der Waals surface area contributed by atoms with Gasteiger partial charge in [0.2, 0.25) is 0 Å². The molecule has 29 heavy (non-hydrogen) atoms. The first-order chi connectivity index (χ1) is 13.6. The standard InChI is InChI=1S/C20H32NO7P/c1-20(2,3)28-19(23)21-10-8-17(9-11-21)27-18-7-6-15(13-22)12-16(18)14-29(24,25-4)26-5/h6-7,12,17,22H,8-11,13-14H2,1-5H3. The lowest BCUT2D eigenvalue weighted by atomic mass is 10.1. The maximum Gasteiger partial charge on any atom is 0.410 e. The number of aliphatic hydroxyl groups excluding tert-OH is 1. The van der Waals surface area contributed by atoms with E-state index in [1.54, 1.807) is 23.1 Å². The van der Waals surface area contributed by atoms with Gasteiger partial charge in [0.05, 0.1) is 12.8 Å². The van der Waals surface area contributed by atoms with Crippen LogP contribution in [0.2, 0.25) is 0 Å². The van der Waals surface area contributed by atoms with Gasteiger partial charge >= 0.3 is 13.7 Å². The highest BCUT2D eigenvalue weighted by molar-refractivity contribution is 7.52. The molecular weight excluding hydrogens is 397 g/mol. The van der Waals surface area contributed by atoms with E-state index in [4.69, 9.17) is 18.5 Å². The fourth-order valence-corrected chi connectivity index (χ4v) is 4.12. The van der Waals surface area contributed by atoms with Crippen LogP contribution < -0.4 is 4.74 Å². The topological polar surface area (TPSA) is 94.5 Å². The van der Waals surface area contributed by atoms with Crippen molar-refractivity contribution < 1.29 is 33.0 Å². The van der Waals surface area contributed by atoms with Crippen molar-refractivity contribution in [1.29, 1.82) is 0 Å². The summed E-state index contributed by atoms with van der Waals surface area (Å²) in [5.41, 5.74) is 0.814. The molecule has 164 valence electrons. The van der Waals surface area contributed by atoms with Crippen LogP contribution in [-0.2, 0) is 31.1 Å². The minimum atomic E-state index is -3.29. The highest BCUT2D eigenvalue weighted by atomic mass is 31.2. The van der Waals surface area contributed by atoms with E-state index in [0.29, 0.717) is 42.8 Å². The summed E-state index contributed by atoms with van der Waals surface area (Å²) in [7, 11) is -0.607. The number of likely N-dealkylation sites (tertiary alicyclic amines) is 1. The van der Waals surface area contributed by atoms with Crippen molar-refractivity contribution in [2.45, 2.75) is 58.1 Å². The Morgan fingerprint density at radius 1 is 1.21 bits per heavy atom. The van der Waals surface area contributed by atoms with Gasteiger partial charge in [-0.3, -0.25) is 4.57 Å². The van der Waals surface area contributed by atoms with Gasteiger partial charge < -0.3 is 28.5 Å². The van der Waals surface area contributed by atoms with Crippen molar-refractivity contribution in [3.05, 3.63) is 29.3 Å². The highest BCUT2D eigenvalue weighted by Crippen LogP contribution is 2.51. The van der Waals surface area contributed by atoms with Crippen molar-refractivity contribution in [3.63, 3.8) is 0 Å². The Kier molecular flexibility index (Phi) is 8.11. The molecule has 1 aromatic rings. The van der Waals surface area contributed by atoms with Crippen LogP contribution in [0.5, 0.6) is 5.75 Å². The van der Waals surface area contributed by atoms with Gasteiger partial charge in [-0.25, -0.2) is 4.79 Å². The average Bonchev–Trinajstić information content (AvgIpc) is 2.68. The Balaban J connectivity index is 2.05. The molecule has 1 heterocycles. The van der Waals surface area contributed by atoms with Gasteiger partial charge in [0.1, 0.15) is 17.5 Å². The zero-order valence-corrected chi connectivity index (χ0v) is 18.7. The largest absolute Gasteiger partial charge is 0.490 e. The number of hydrogen-bond donors (Lipinski definition) is 1. The highest BCUT2D eigenvalue weighted by Gasteiger charge is 2.29. The maximum absolute atomic E-state index is 12.6. The first kappa shape index (κ1) is 23.7. The minimum absolute atomic E-state index is 0.0416. The molecule has 1 aromatic carbocycles. The summed E-state index contributed by atoms with van der Waals surface area (Å²) in [6, 6.07) is 5.27. The number of benzene rings is 1. The number of hydrogen-bond acceptors (Lipinski definition) is 7. The fourth-order valence-electron chi connectivity index (χ4n) is 3.04. The van der Waals surface area contributed by atoms with Crippen molar-refractivity contribution in [1.82, 2.24) is 4.90 Å². The second-order valence-electron chi connectivity index (χ2n) is 8.02. The SMILES string of the molecule is COP(=O)(Cc1cc(CO)ccc1OC1CCN(C(=O)OC(C)(C)C)CC1)OC. The van der Waals surface area contributed by atoms with E-state index in [-0.39, 0.29) is 25.0 Å². The lowest BCUT2D eigenvalue weighted by molar-refractivity contribution is 0.0126. The third-order valence-electron chi connectivity index (χ3n) is 4.62. The first-order valence-corrected chi connectivity index (χ1v) is 11.4. The van der Waals surface area contributed by atoms with Crippen LogP contribution in [0, 0.1) is 0 Å². The van der Waals surface area contributed by atoms with Crippen LogP contribution in [0.4, 0.5) is 4.79 Å². The quantitative estimate of drug-likeness (QED) is 0.656. The monoisotopic (exact) mass is 429 g/mol. The Morgan fingerprint density at radius 2 is 1.83 bits per heavy atom. The first-order valence-electron chi connectivity index (χ1n) is 9.67. The number of carbonyl (C=O) groups excluding carboxylic acids is 1. The van der Waals surface area contributed by atoms with Crippen LogP contribution in [0.25, 0.3) is 0 Å². The van der Waals surface area contributed by atoms with Crippen LogP contribution >= 0.6 is 7.60 Å². The molecule has 1 fully saturated rings. The summed E-state index contributed by atoms with van der Waals surface area (Å²) in [5.74, 6) is 0.576. The number of rotatable bonds is 7. The summed E-state index contributed by atoms with van der Waals surface area (Å²) in [6.07, 6.45) is 0.959. The molecular formula is C20H32NO7P. The van der Waals surface area contributed by atoms with E-state index in [2.05, 4.69) is 0 Å². The Morgan fingerprint density at radius 3 is 2.34 bits per heavy atom. The molecule has 1 N–H and O–H groups in total. The van der Waals surface area contributed by atoms with Crippen LogP contribution in [0.1, 0.15) is 44.7 Å². The van der Waals surface area contributed by atoms with Gasteiger partial charge in [-0.05, 0) is 38.5 Å². The summed E-state index contributed by atoms with van der Waals surface area (Å²) in [5, 5.41) is 9.43. The second-order valence-corrected chi connectivity index (χ2v) is 10.3. The molecule has 0 atom stereocenters. The van der Waals surface area contributed by atoms with Crippen LogP contribution in [-0.4, -0.2) is 55.1 Å². The van der Waals surface area contributed by atoms with Gasteiger partial charge in [-0.15, -0.1) is 0 Å². The molecule has 2 rings (SSSR count). The molecule has 0 unspecified atom stereocenters. The molecule has 1 amide bonds. The van der Waals surface area contributed by atoms with Crippen molar-refractivity contribution in [2.75, 3.05) is 27.3 Å². The maximum atomic E-state index is 12.6. The minimum Gasteiger partial charge on any atom is -0.490 e. The lowest BCUT2D eigenvalue weighted by Gasteiger charge is -2.34. The number of amides is 1. The van der Waals surface area contributed by atoms with Gasteiger partial charge in [0.25, 0.3) is 0 Å². The molecule has 1 saturated heterocycles. The van der Waals surface area contributed by atoms with Crippen molar-refractivity contribution in [3.8, 4) is 5.75 Å². The molecule has 0 aliphatic carbocycles. The number of ether oxygens (including phenoxy) is 2. The normalized spacial score (nSPS) is 16.0. The Hall–Kier alpha value is -1.60. The predicted octanol–water partition coefficient (Wildman–Crippen LogP) is 3.94. The van der Waals surface area contributed by atoms with Crippen LogP contribution in [0.15, 0.2) is 18.2 Å². The Bertz CT molecular complexity index is 731. The summed E-state index contributed by atoms with van der Waals surface area (Å²) >= 11 is 0. The van der Waals surface area contributed by atoms with E-state index in [9.17, 15) is 14.5 Å². The Labute approximate surface area is 172 Å². The lowest BCUT2D eigenvalue weighted by Crippen LogP contribution is -2.44. The molecule has 1 aliphatic heterocycles. The van der Waals surface area contributed by atoms with Crippen molar-refractivity contribution in [2.24, 2.45) is 0 Å². The smallest absolute Gasteiger partial charge is 0.410 e. The van der Waals surface area contributed by atoms with Crippen molar-refractivity contribution >= 4 is 13.7 Å². The van der Waals surface area contributed by atoms with Gasteiger partial charge in [0, 0.05) is 45.7 Å². The molecule has 0 radical (unpaired) electrons. The number of aliphatic hydroxyl groups is 1. The average molecular weight is 429 g/mol. The van der Waals surface area contributed by atoms with Gasteiger partial charge in [-0.2, -0.15) is 0 Å². The molecule has 9 heteroatoms. The molecule has 8 nitrogen and oxygen atoms in total. The molecule has 0 aromatic heterocycles. The molecule has 0 bridgehead atoms. The van der Waals surface area contributed by atoms with Gasteiger partial charge in [-0.1, -0.05) is 6.07 Å². The van der Waals surface area contributed by atoms with E-state index < -0.39 is 13.2 Å². The fraction of sp³-hybridized carbons (Fsp3) is 0.650.